The van der Waals surface area contributed by atoms with Gasteiger partial charge in [-0.3, -0.25) is 4.98 Å². The van der Waals surface area contributed by atoms with Crippen LogP contribution in [-0.2, 0) is 13.0 Å². The summed E-state index contributed by atoms with van der Waals surface area (Å²) in [6.07, 6.45) is 4.86. The van der Waals surface area contributed by atoms with Crippen molar-refractivity contribution in [2.75, 3.05) is 6.54 Å². The molecule has 0 aromatic carbocycles. The minimum Gasteiger partial charge on any atom is -0.312 e. The SMILES string of the molecule is Cc1cnccc1CCNCc1ccsc1. The number of hydrogen-bond donors (Lipinski definition) is 1. The summed E-state index contributed by atoms with van der Waals surface area (Å²) in [6, 6.07) is 4.26. The third kappa shape index (κ3) is 3.15. The number of aromatic nitrogens is 1. The Labute approximate surface area is 100 Å². The molecule has 0 unspecified atom stereocenters. The van der Waals surface area contributed by atoms with E-state index < -0.39 is 0 Å². The molecule has 3 heteroatoms. The predicted octanol–water partition coefficient (Wildman–Crippen LogP) is 2.78. The van der Waals surface area contributed by atoms with Gasteiger partial charge in [-0.2, -0.15) is 11.3 Å². The molecule has 0 spiro atoms. The quantitative estimate of drug-likeness (QED) is 0.802. The van der Waals surface area contributed by atoms with E-state index in [4.69, 9.17) is 0 Å². The van der Waals surface area contributed by atoms with Crippen molar-refractivity contribution in [3.63, 3.8) is 0 Å². The van der Waals surface area contributed by atoms with Crippen LogP contribution < -0.4 is 5.32 Å². The molecular weight excluding hydrogens is 216 g/mol. The number of pyridine rings is 1. The molecule has 0 aliphatic heterocycles. The van der Waals surface area contributed by atoms with Crippen LogP contribution in [0.4, 0.5) is 0 Å². The molecular formula is C13H16N2S. The van der Waals surface area contributed by atoms with Gasteiger partial charge in [0.15, 0.2) is 0 Å². The molecule has 84 valence electrons. The van der Waals surface area contributed by atoms with Crippen LogP contribution in [0.5, 0.6) is 0 Å². The molecule has 0 fully saturated rings. The maximum atomic E-state index is 4.09. The van der Waals surface area contributed by atoms with Crippen LogP contribution in [0.1, 0.15) is 16.7 Å². The Balaban J connectivity index is 1.74. The fraction of sp³-hybridized carbons (Fsp3) is 0.308. The summed E-state index contributed by atoms with van der Waals surface area (Å²) < 4.78 is 0. The summed E-state index contributed by atoms with van der Waals surface area (Å²) in [6.45, 7) is 4.09. The van der Waals surface area contributed by atoms with Crippen molar-refractivity contribution >= 4 is 11.3 Å². The van der Waals surface area contributed by atoms with Crippen LogP contribution in [0.2, 0.25) is 0 Å². The number of nitrogens with zero attached hydrogens (tertiary/aromatic N) is 1. The van der Waals surface area contributed by atoms with Gasteiger partial charge in [-0.1, -0.05) is 0 Å². The fourth-order valence-electron chi connectivity index (χ4n) is 1.63. The summed E-state index contributed by atoms with van der Waals surface area (Å²) in [4.78, 5) is 4.09. The molecule has 0 bridgehead atoms. The molecule has 0 atom stereocenters. The van der Waals surface area contributed by atoms with Crippen LogP contribution in [0.15, 0.2) is 35.3 Å². The minimum atomic E-state index is 0.966. The molecule has 2 rings (SSSR count). The molecule has 0 saturated heterocycles. The van der Waals surface area contributed by atoms with E-state index in [2.05, 4.69) is 40.1 Å². The molecule has 2 nitrogen and oxygen atoms in total. The topological polar surface area (TPSA) is 24.9 Å². The second-order valence-corrected chi connectivity index (χ2v) is 4.64. The first-order chi connectivity index (χ1) is 7.86. The lowest BCUT2D eigenvalue weighted by atomic mass is 10.1. The predicted molar refractivity (Wildman–Crippen MR) is 68.7 cm³/mol. The Morgan fingerprint density at radius 1 is 1.38 bits per heavy atom. The highest BCUT2D eigenvalue weighted by Gasteiger charge is 1.97. The number of nitrogens with one attached hydrogen (secondary N) is 1. The van der Waals surface area contributed by atoms with E-state index in [0.717, 1.165) is 19.5 Å². The molecule has 16 heavy (non-hydrogen) atoms. The first-order valence-electron chi connectivity index (χ1n) is 5.47. The molecule has 0 aliphatic carbocycles. The van der Waals surface area contributed by atoms with E-state index in [-0.39, 0.29) is 0 Å². The summed E-state index contributed by atoms with van der Waals surface area (Å²) in [7, 11) is 0. The molecule has 0 aliphatic rings. The van der Waals surface area contributed by atoms with E-state index >= 15 is 0 Å². The van der Waals surface area contributed by atoms with Gasteiger partial charge in [-0.05, 0) is 59.5 Å². The normalized spacial score (nSPS) is 10.6. The van der Waals surface area contributed by atoms with E-state index in [0.29, 0.717) is 0 Å². The van der Waals surface area contributed by atoms with Crippen LogP contribution in [0.3, 0.4) is 0 Å². The van der Waals surface area contributed by atoms with Gasteiger partial charge in [-0.15, -0.1) is 0 Å². The zero-order valence-corrected chi connectivity index (χ0v) is 10.3. The maximum Gasteiger partial charge on any atom is 0.0299 e. The number of hydrogen-bond acceptors (Lipinski definition) is 3. The summed E-state index contributed by atoms with van der Waals surface area (Å²) in [5.41, 5.74) is 4.03. The zero-order valence-electron chi connectivity index (χ0n) is 9.44. The maximum absolute atomic E-state index is 4.09. The van der Waals surface area contributed by atoms with Crippen molar-refractivity contribution in [1.29, 1.82) is 0 Å². The first-order valence-corrected chi connectivity index (χ1v) is 6.42. The van der Waals surface area contributed by atoms with Crippen molar-refractivity contribution in [1.82, 2.24) is 10.3 Å². The van der Waals surface area contributed by atoms with E-state index in [9.17, 15) is 0 Å². The van der Waals surface area contributed by atoms with Gasteiger partial charge >= 0.3 is 0 Å². The first kappa shape index (κ1) is 11.3. The van der Waals surface area contributed by atoms with Crippen molar-refractivity contribution < 1.29 is 0 Å². The summed E-state index contributed by atoms with van der Waals surface area (Å²) in [5, 5.41) is 7.75. The van der Waals surface area contributed by atoms with Gasteiger partial charge in [0.2, 0.25) is 0 Å². The molecule has 2 aromatic rings. The number of rotatable bonds is 5. The third-order valence-electron chi connectivity index (χ3n) is 2.62. The highest BCUT2D eigenvalue weighted by Crippen LogP contribution is 2.06. The van der Waals surface area contributed by atoms with Crippen molar-refractivity contribution in [3.8, 4) is 0 Å². The highest BCUT2D eigenvalue weighted by molar-refractivity contribution is 7.07. The van der Waals surface area contributed by atoms with Gasteiger partial charge in [-0.25, -0.2) is 0 Å². The molecule has 0 saturated carbocycles. The van der Waals surface area contributed by atoms with Crippen molar-refractivity contribution in [2.45, 2.75) is 19.9 Å². The molecule has 2 aromatic heterocycles. The van der Waals surface area contributed by atoms with Crippen LogP contribution in [0, 0.1) is 6.92 Å². The van der Waals surface area contributed by atoms with Gasteiger partial charge in [0.1, 0.15) is 0 Å². The average Bonchev–Trinajstić information content (AvgIpc) is 2.79. The second kappa shape index (κ2) is 5.77. The lowest BCUT2D eigenvalue weighted by Gasteiger charge is -2.05. The van der Waals surface area contributed by atoms with Gasteiger partial charge in [0.25, 0.3) is 0 Å². The largest absolute Gasteiger partial charge is 0.312 e. The lowest BCUT2D eigenvalue weighted by Crippen LogP contribution is -2.16. The third-order valence-corrected chi connectivity index (χ3v) is 3.35. The second-order valence-electron chi connectivity index (χ2n) is 3.86. The Bertz CT molecular complexity index is 423. The van der Waals surface area contributed by atoms with Crippen molar-refractivity contribution in [3.05, 3.63) is 52.0 Å². The smallest absolute Gasteiger partial charge is 0.0299 e. The Morgan fingerprint density at radius 2 is 2.31 bits per heavy atom. The van der Waals surface area contributed by atoms with Gasteiger partial charge < -0.3 is 5.32 Å². The fourth-order valence-corrected chi connectivity index (χ4v) is 2.30. The van der Waals surface area contributed by atoms with Crippen LogP contribution in [-0.4, -0.2) is 11.5 Å². The molecule has 0 radical (unpaired) electrons. The molecule has 1 N–H and O–H groups in total. The average molecular weight is 232 g/mol. The van der Waals surface area contributed by atoms with E-state index in [1.807, 2.05) is 12.4 Å². The molecule has 0 amide bonds. The summed E-state index contributed by atoms with van der Waals surface area (Å²) in [5.74, 6) is 0. The number of aryl methyl sites for hydroxylation is 1. The van der Waals surface area contributed by atoms with Gasteiger partial charge in [0.05, 0.1) is 0 Å². The van der Waals surface area contributed by atoms with Crippen LogP contribution in [0.25, 0.3) is 0 Å². The van der Waals surface area contributed by atoms with Crippen LogP contribution >= 0.6 is 11.3 Å². The van der Waals surface area contributed by atoms with E-state index in [1.165, 1.54) is 16.7 Å². The molecule has 2 heterocycles. The Morgan fingerprint density at radius 3 is 3.06 bits per heavy atom. The lowest BCUT2D eigenvalue weighted by molar-refractivity contribution is 0.686. The number of thiophene rings is 1. The Kier molecular flexibility index (Phi) is 4.08. The van der Waals surface area contributed by atoms with E-state index in [1.54, 1.807) is 11.3 Å². The van der Waals surface area contributed by atoms with Gasteiger partial charge in [0, 0.05) is 18.9 Å². The monoisotopic (exact) mass is 232 g/mol. The minimum absolute atomic E-state index is 0.966. The Hall–Kier alpha value is -1.19. The zero-order chi connectivity index (χ0) is 11.2. The summed E-state index contributed by atoms with van der Waals surface area (Å²) >= 11 is 1.75. The standard InChI is InChI=1S/C13H16N2S/c1-11-8-14-5-2-13(11)3-6-15-9-12-4-7-16-10-12/h2,4-5,7-8,10,15H,3,6,9H2,1H3. The van der Waals surface area contributed by atoms with Crippen molar-refractivity contribution in [2.24, 2.45) is 0 Å². The highest BCUT2D eigenvalue weighted by atomic mass is 32.1.